The van der Waals surface area contributed by atoms with E-state index in [1.807, 2.05) is 0 Å². The quantitative estimate of drug-likeness (QED) is 0.404. The van der Waals surface area contributed by atoms with Crippen molar-refractivity contribution in [3.05, 3.63) is 46.5 Å². The van der Waals surface area contributed by atoms with Gasteiger partial charge in [0.1, 0.15) is 5.76 Å². The fourth-order valence-electron chi connectivity index (χ4n) is 2.14. The number of hydrogen-bond donors (Lipinski definition) is 1. The molecule has 0 bridgehead atoms. The number of thioether (sulfide) groups is 1. The van der Waals surface area contributed by atoms with Crippen LogP contribution in [0.2, 0.25) is 0 Å². The minimum Gasteiger partial charge on any atom is -0.481 e. The fourth-order valence-corrected chi connectivity index (χ4v) is 2.77. The molecule has 128 valence electrons. The number of hydrogen-bond acceptors (Lipinski definition) is 7. The summed E-state index contributed by atoms with van der Waals surface area (Å²) in [5.74, 6) is 0.408. The molecule has 10 heteroatoms. The summed E-state index contributed by atoms with van der Waals surface area (Å²) in [5, 5.41) is 27.9. The van der Waals surface area contributed by atoms with Crippen LogP contribution in [0.5, 0.6) is 0 Å². The Morgan fingerprint density at radius 3 is 2.56 bits per heavy atom. The van der Waals surface area contributed by atoms with Crippen molar-refractivity contribution >= 4 is 23.4 Å². The molecule has 0 aliphatic rings. The lowest BCUT2D eigenvalue weighted by Gasteiger charge is -2.00. The molecule has 0 saturated heterocycles. The molecule has 25 heavy (non-hydrogen) atoms. The van der Waals surface area contributed by atoms with Crippen LogP contribution >= 0.6 is 11.8 Å². The van der Waals surface area contributed by atoms with Crippen molar-refractivity contribution in [3.8, 4) is 22.9 Å². The van der Waals surface area contributed by atoms with Crippen molar-refractivity contribution in [2.45, 2.75) is 5.16 Å². The molecule has 0 amide bonds. The third-order valence-electron chi connectivity index (χ3n) is 3.35. The number of benzene rings is 1. The molecule has 3 aromatic rings. The minimum absolute atomic E-state index is 0.00364. The van der Waals surface area contributed by atoms with E-state index in [9.17, 15) is 14.9 Å². The lowest BCUT2D eigenvalue weighted by atomic mass is 10.1. The maximum Gasteiger partial charge on any atom is 0.313 e. The molecule has 0 radical (unpaired) electrons. The molecule has 0 spiro atoms. The van der Waals surface area contributed by atoms with Gasteiger partial charge in [-0.3, -0.25) is 14.9 Å². The van der Waals surface area contributed by atoms with Crippen LogP contribution in [0.25, 0.3) is 22.9 Å². The third-order valence-corrected chi connectivity index (χ3v) is 4.35. The summed E-state index contributed by atoms with van der Waals surface area (Å²) in [4.78, 5) is 20.9. The van der Waals surface area contributed by atoms with Gasteiger partial charge in [0.2, 0.25) is 0 Å². The van der Waals surface area contributed by atoms with Crippen molar-refractivity contribution in [3.63, 3.8) is 0 Å². The monoisotopic (exact) mass is 360 g/mol. The van der Waals surface area contributed by atoms with E-state index >= 15 is 0 Å². The number of carbonyl (C=O) groups is 1. The topological polar surface area (TPSA) is 124 Å². The summed E-state index contributed by atoms with van der Waals surface area (Å²) in [7, 11) is 1.72. The van der Waals surface area contributed by atoms with Gasteiger partial charge in [-0.2, -0.15) is 0 Å². The number of carboxylic acids is 1. The summed E-state index contributed by atoms with van der Waals surface area (Å²) in [5.41, 5.74) is 0.698. The highest BCUT2D eigenvalue weighted by atomic mass is 32.2. The van der Waals surface area contributed by atoms with Gasteiger partial charge in [0.15, 0.2) is 16.7 Å². The summed E-state index contributed by atoms with van der Waals surface area (Å²) in [6.07, 6.45) is 0. The average molecular weight is 360 g/mol. The summed E-state index contributed by atoms with van der Waals surface area (Å²) >= 11 is 1.06. The molecular formula is C15H12N4O5S. The smallest absolute Gasteiger partial charge is 0.313 e. The van der Waals surface area contributed by atoms with Gasteiger partial charge in [-0.15, -0.1) is 10.2 Å². The van der Waals surface area contributed by atoms with Crippen LogP contribution in [-0.4, -0.2) is 36.5 Å². The van der Waals surface area contributed by atoms with Gasteiger partial charge in [0, 0.05) is 24.7 Å². The molecule has 1 N–H and O–H groups in total. The summed E-state index contributed by atoms with van der Waals surface area (Å²) in [6.45, 7) is 0. The van der Waals surface area contributed by atoms with Gasteiger partial charge < -0.3 is 14.1 Å². The number of aliphatic carboxylic acids is 1. The second-order valence-corrected chi connectivity index (χ2v) is 5.96. The van der Waals surface area contributed by atoms with E-state index in [2.05, 4.69) is 10.2 Å². The summed E-state index contributed by atoms with van der Waals surface area (Å²) < 4.78 is 7.40. The first-order chi connectivity index (χ1) is 12.0. The first-order valence-corrected chi connectivity index (χ1v) is 8.03. The third kappa shape index (κ3) is 3.53. The van der Waals surface area contributed by atoms with Crippen molar-refractivity contribution < 1.29 is 19.2 Å². The van der Waals surface area contributed by atoms with E-state index < -0.39 is 10.9 Å². The van der Waals surface area contributed by atoms with Gasteiger partial charge >= 0.3 is 5.97 Å². The Hall–Kier alpha value is -3.14. The van der Waals surface area contributed by atoms with E-state index in [0.29, 0.717) is 28.1 Å². The van der Waals surface area contributed by atoms with E-state index in [1.54, 1.807) is 35.9 Å². The van der Waals surface area contributed by atoms with Crippen LogP contribution in [0.4, 0.5) is 5.69 Å². The zero-order valence-electron chi connectivity index (χ0n) is 12.9. The van der Waals surface area contributed by atoms with Crippen LogP contribution in [0, 0.1) is 10.1 Å². The lowest BCUT2D eigenvalue weighted by molar-refractivity contribution is -0.384. The Morgan fingerprint density at radius 1 is 1.24 bits per heavy atom. The van der Waals surface area contributed by atoms with Crippen LogP contribution in [0.3, 0.4) is 0 Å². The maximum atomic E-state index is 10.7. The molecule has 3 rings (SSSR count). The Morgan fingerprint density at radius 2 is 1.92 bits per heavy atom. The largest absolute Gasteiger partial charge is 0.481 e. The highest BCUT2D eigenvalue weighted by molar-refractivity contribution is 7.99. The van der Waals surface area contributed by atoms with E-state index in [0.717, 1.165) is 11.8 Å². The first-order valence-electron chi connectivity index (χ1n) is 7.04. The number of nitro groups is 1. The predicted octanol–water partition coefficient (Wildman–Crippen LogP) is 2.83. The molecule has 0 fully saturated rings. The minimum atomic E-state index is -0.937. The molecule has 9 nitrogen and oxygen atoms in total. The second-order valence-electron chi connectivity index (χ2n) is 5.02. The van der Waals surface area contributed by atoms with Crippen LogP contribution in [-0.2, 0) is 11.8 Å². The van der Waals surface area contributed by atoms with Crippen molar-refractivity contribution in [2.24, 2.45) is 7.05 Å². The molecule has 2 heterocycles. The second kappa shape index (κ2) is 6.77. The highest BCUT2D eigenvalue weighted by Crippen LogP contribution is 2.29. The molecular weight excluding hydrogens is 348 g/mol. The Bertz CT molecular complexity index is 932. The zero-order chi connectivity index (χ0) is 18.0. The van der Waals surface area contributed by atoms with Crippen LogP contribution in [0.1, 0.15) is 0 Å². The van der Waals surface area contributed by atoms with Gasteiger partial charge in [-0.05, 0) is 24.3 Å². The van der Waals surface area contributed by atoms with Crippen LogP contribution < -0.4 is 0 Å². The molecule has 0 atom stereocenters. The van der Waals surface area contributed by atoms with Crippen molar-refractivity contribution in [1.82, 2.24) is 14.8 Å². The molecule has 0 aliphatic carbocycles. The maximum absolute atomic E-state index is 10.7. The average Bonchev–Trinajstić information content (AvgIpc) is 3.20. The predicted molar refractivity (Wildman–Crippen MR) is 89.2 cm³/mol. The Balaban J connectivity index is 1.84. The number of nitro benzene ring substituents is 1. The van der Waals surface area contributed by atoms with E-state index in [4.69, 9.17) is 9.52 Å². The van der Waals surface area contributed by atoms with Gasteiger partial charge in [-0.1, -0.05) is 11.8 Å². The number of non-ortho nitro benzene ring substituents is 1. The highest BCUT2D eigenvalue weighted by Gasteiger charge is 2.16. The molecule has 2 aromatic heterocycles. The normalized spacial score (nSPS) is 10.8. The number of furan rings is 1. The van der Waals surface area contributed by atoms with Crippen LogP contribution in [0.15, 0.2) is 46.0 Å². The Kier molecular flexibility index (Phi) is 4.52. The Labute approximate surface area is 145 Å². The molecule has 0 saturated carbocycles. The van der Waals surface area contributed by atoms with E-state index in [-0.39, 0.29) is 11.4 Å². The standard InChI is InChI=1S/C15H12N4O5S/c1-18-14(16-17-15(18)25-8-13(20)21)12-7-6-11(24-12)9-2-4-10(5-3-9)19(22)23/h2-7H,8H2,1H3,(H,20,21). The molecule has 0 unspecified atom stereocenters. The number of rotatable bonds is 6. The van der Waals surface area contributed by atoms with Crippen molar-refractivity contribution in [2.75, 3.05) is 5.75 Å². The summed E-state index contributed by atoms with van der Waals surface area (Å²) in [6, 6.07) is 9.46. The molecule has 1 aromatic carbocycles. The number of aromatic nitrogens is 3. The lowest BCUT2D eigenvalue weighted by Crippen LogP contribution is -2.00. The molecule has 0 aliphatic heterocycles. The van der Waals surface area contributed by atoms with Gasteiger partial charge in [0.05, 0.1) is 10.7 Å². The van der Waals surface area contributed by atoms with Gasteiger partial charge in [0.25, 0.3) is 5.69 Å². The van der Waals surface area contributed by atoms with Crippen molar-refractivity contribution in [1.29, 1.82) is 0 Å². The first kappa shape index (κ1) is 16.7. The van der Waals surface area contributed by atoms with Gasteiger partial charge in [-0.25, -0.2) is 0 Å². The number of carboxylic acid groups (broad SMARTS) is 1. The number of nitrogens with zero attached hydrogens (tertiary/aromatic N) is 4. The fraction of sp³-hybridized carbons (Fsp3) is 0.133. The SMILES string of the molecule is Cn1c(SCC(=O)O)nnc1-c1ccc(-c2ccc([N+](=O)[O-])cc2)o1. The van der Waals surface area contributed by atoms with E-state index in [1.165, 1.54) is 12.1 Å². The zero-order valence-corrected chi connectivity index (χ0v) is 13.8.